The van der Waals surface area contributed by atoms with E-state index in [4.69, 9.17) is 18.9 Å². The van der Waals surface area contributed by atoms with E-state index in [0.29, 0.717) is 34.8 Å². The molecule has 0 aromatic heterocycles. The zero-order valence-electron chi connectivity index (χ0n) is 27.2. The van der Waals surface area contributed by atoms with Crippen molar-refractivity contribution in [3.8, 4) is 17.2 Å². The van der Waals surface area contributed by atoms with Crippen LogP contribution in [0, 0.1) is 10.8 Å². The number of carbonyl (C=O) groups is 3. The first kappa shape index (κ1) is 34.6. The molecule has 0 unspecified atom stereocenters. The molecule has 0 saturated heterocycles. The number of benzene rings is 2. The van der Waals surface area contributed by atoms with Crippen molar-refractivity contribution < 1.29 is 33.3 Å². The van der Waals surface area contributed by atoms with Crippen LogP contribution in [0.2, 0.25) is 0 Å². The summed E-state index contributed by atoms with van der Waals surface area (Å²) in [4.78, 5) is 39.1. The maximum Gasteiger partial charge on any atom is 0.316 e. The van der Waals surface area contributed by atoms with E-state index in [-0.39, 0.29) is 29.6 Å². The van der Waals surface area contributed by atoms with Crippen molar-refractivity contribution in [3.63, 3.8) is 0 Å². The van der Waals surface area contributed by atoms with Gasteiger partial charge in [0.1, 0.15) is 17.2 Å². The summed E-state index contributed by atoms with van der Waals surface area (Å²) in [5, 5.41) is 0. The number of ether oxygens (including phenoxy) is 4. The molecule has 0 bridgehead atoms. The third-order valence-electron chi connectivity index (χ3n) is 6.28. The van der Waals surface area contributed by atoms with Crippen molar-refractivity contribution in [1.29, 1.82) is 0 Å². The maximum atomic E-state index is 13.7. The van der Waals surface area contributed by atoms with Crippen molar-refractivity contribution in [2.45, 2.75) is 101 Å². The predicted octanol–water partition coefficient (Wildman–Crippen LogP) is 8.15. The van der Waals surface area contributed by atoms with Crippen molar-refractivity contribution in [3.05, 3.63) is 58.3 Å². The number of esters is 2. The lowest BCUT2D eigenvalue weighted by molar-refractivity contribution is -0.143. The standard InChI is InChI=1S/C35H48O7/c1-12-14-24-20-25(15-13-2)31(42-33(38)35(8,9)10)27(30(24)40-22(3)4)21-28(39-11)29(36)23-16-18-26(19-17-23)41-32(37)34(5,6)7/h16-22H,12-15H2,1-11H3. The van der Waals surface area contributed by atoms with E-state index >= 15 is 0 Å². The van der Waals surface area contributed by atoms with Crippen LogP contribution < -0.4 is 14.2 Å². The average Bonchev–Trinajstić information content (AvgIpc) is 2.89. The molecule has 2 aromatic rings. The number of allylic oxidation sites excluding steroid dienone is 1. The second kappa shape index (κ2) is 14.5. The van der Waals surface area contributed by atoms with E-state index < -0.39 is 10.8 Å². The molecule has 0 saturated carbocycles. The highest BCUT2D eigenvalue weighted by atomic mass is 16.5. The number of aryl methyl sites for hydroxylation is 2. The van der Waals surface area contributed by atoms with Crippen molar-refractivity contribution in [2.75, 3.05) is 7.11 Å². The monoisotopic (exact) mass is 580 g/mol. The van der Waals surface area contributed by atoms with Gasteiger partial charge in [0.25, 0.3) is 0 Å². The van der Waals surface area contributed by atoms with E-state index in [2.05, 4.69) is 19.9 Å². The SMILES string of the molecule is CCCc1cc(CCC)c(OC(C)C)c(C=C(OC)C(=O)c2ccc(OC(=O)C(C)(C)C)cc2)c1OC(=O)C(C)(C)C. The van der Waals surface area contributed by atoms with Gasteiger partial charge in [-0.05, 0) is 116 Å². The number of hydrogen-bond donors (Lipinski definition) is 0. The Balaban J connectivity index is 2.74. The Morgan fingerprint density at radius 1 is 0.786 bits per heavy atom. The molecule has 0 fully saturated rings. The fourth-order valence-corrected chi connectivity index (χ4v) is 4.00. The van der Waals surface area contributed by atoms with Gasteiger partial charge < -0.3 is 18.9 Å². The largest absolute Gasteiger partial charge is 0.493 e. The summed E-state index contributed by atoms with van der Waals surface area (Å²) in [5.74, 6) is 0.187. The molecule has 0 spiro atoms. The van der Waals surface area contributed by atoms with Crippen molar-refractivity contribution >= 4 is 23.8 Å². The molecule has 0 radical (unpaired) electrons. The Hall–Kier alpha value is -3.61. The lowest BCUT2D eigenvalue weighted by atomic mass is 9.94. The zero-order valence-corrected chi connectivity index (χ0v) is 27.2. The smallest absolute Gasteiger partial charge is 0.316 e. The lowest BCUT2D eigenvalue weighted by Gasteiger charge is -2.24. The molecular formula is C35H48O7. The highest BCUT2D eigenvalue weighted by molar-refractivity contribution is 6.10. The summed E-state index contributed by atoms with van der Waals surface area (Å²) in [5.41, 5.74) is 1.28. The molecule has 0 amide bonds. The summed E-state index contributed by atoms with van der Waals surface area (Å²) in [6.45, 7) is 18.7. The molecule has 0 aliphatic carbocycles. The summed E-state index contributed by atoms with van der Waals surface area (Å²) in [6.07, 6.45) is 4.58. The van der Waals surface area contributed by atoms with Gasteiger partial charge in [0.05, 0.1) is 29.6 Å². The first-order valence-electron chi connectivity index (χ1n) is 14.7. The lowest BCUT2D eigenvalue weighted by Crippen LogP contribution is -2.26. The third-order valence-corrected chi connectivity index (χ3v) is 6.28. The van der Waals surface area contributed by atoms with E-state index in [0.717, 1.165) is 30.4 Å². The second-order valence-electron chi connectivity index (χ2n) is 12.8. The van der Waals surface area contributed by atoms with Crippen LogP contribution >= 0.6 is 0 Å². The fraction of sp³-hybridized carbons (Fsp3) is 0.514. The van der Waals surface area contributed by atoms with Gasteiger partial charge in [-0.15, -0.1) is 0 Å². The van der Waals surface area contributed by atoms with E-state index in [1.807, 2.05) is 13.8 Å². The van der Waals surface area contributed by atoms with Gasteiger partial charge in [0, 0.05) is 5.56 Å². The Kier molecular flexibility index (Phi) is 12.0. The molecular weight excluding hydrogens is 532 g/mol. The molecule has 0 heterocycles. The van der Waals surface area contributed by atoms with Crippen LogP contribution in [0.1, 0.15) is 109 Å². The Labute approximate surface area is 251 Å². The number of carbonyl (C=O) groups excluding carboxylic acids is 3. The summed E-state index contributed by atoms with van der Waals surface area (Å²) < 4.78 is 23.5. The van der Waals surface area contributed by atoms with Gasteiger partial charge in [0.15, 0.2) is 5.76 Å². The minimum Gasteiger partial charge on any atom is -0.493 e. The van der Waals surface area contributed by atoms with Gasteiger partial charge in [-0.25, -0.2) is 0 Å². The van der Waals surface area contributed by atoms with Gasteiger partial charge in [0.2, 0.25) is 5.78 Å². The average molecular weight is 581 g/mol. The molecule has 7 nitrogen and oxygen atoms in total. The number of methoxy groups -OCH3 is 1. The molecule has 7 heteroatoms. The second-order valence-corrected chi connectivity index (χ2v) is 12.8. The fourth-order valence-electron chi connectivity index (χ4n) is 4.00. The van der Waals surface area contributed by atoms with Crippen LogP contribution in [0.4, 0.5) is 0 Å². The molecule has 0 atom stereocenters. The molecule has 0 aliphatic rings. The van der Waals surface area contributed by atoms with Crippen LogP contribution in [0.15, 0.2) is 36.1 Å². The van der Waals surface area contributed by atoms with Crippen LogP contribution in [0.3, 0.4) is 0 Å². The molecule has 2 rings (SSSR count). The number of Topliss-reactive ketones (excluding diaryl/α,β-unsaturated/α-hetero) is 1. The highest BCUT2D eigenvalue weighted by Gasteiger charge is 2.29. The predicted molar refractivity (Wildman–Crippen MR) is 166 cm³/mol. The van der Waals surface area contributed by atoms with Crippen LogP contribution in [0.25, 0.3) is 6.08 Å². The van der Waals surface area contributed by atoms with Gasteiger partial charge in [-0.2, -0.15) is 0 Å². The van der Waals surface area contributed by atoms with Crippen LogP contribution in [-0.4, -0.2) is 30.9 Å². The first-order valence-corrected chi connectivity index (χ1v) is 14.7. The first-order chi connectivity index (χ1) is 19.5. The summed E-state index contributed by atoms with van der Waals surface area (Å²) >= 11 is 0. The van der Waals surface area contributed by atoms with Gasteiger partial charge >= 0.3 is 11.9 Å². The maximum absolute atomic E-state index is 13.7. The topological polar surface area (TPSA) is 88.1 Å². The normalized spacial score (nSPS) is 12.2. The molecule has 0 N–H and O–H groups in total. The molecule has 0 aliphatic heterocycles. The minimum absolute atomic E-state index is 0.0483. The summed E-state index contributed by atoms with van der Waals surface area (Å²) in [7, 11) is 1.43. The Morgan fingerprint density at radius 2 is 1.29 bits per heavy atom. The molecule has 230 valence electrons. The Bertz CT molecular complexity index is 1290. The molecule has 42 heavy (non-hydrogen) atoms. The van der Waals surface area contributed by atoms with E-state index in [1.54, 1.807) is 71.9 Å². The van der Waals surface area contributed by atoms with Gasteiger partial charge in [-0.1, -0.05) is 26.7 Å². The summed E-state index contributed by atoms with van der Waals surface area (Å²) in [6, 6.07) is 8.38. The highest BCUT2D eigenvalue weighted by Crippen LogP contribution is 2.41. The van der Waals surface area contributed by atoms with Crippen LogP contribution in [0.5, 0.6) is 17.2 Å². The number of rotatable bonds is 12. The Morgan fingerprint density at radius 3 is 1.74 bits per heavy atom. The number of hydrogen-bond acceptors (Lipinski definition) is 7. The van der Waals surface area contributed by atoms with E-state index in [9.17, 15) is 14.4 Å². The van der Waals surface area contributed by atoms with Crippen molar-refractivity contribution in [1.82, 2.24) is 0 Å². The molecule has 2 aromatic carbocycles. The van der Waals surface area contributed by atoms with Crippen LogP contribution in [-0.2, 0) is 27.2 Å². The van der Waals surface area contributed by atoms with Crippen molar-refractivity contribution in [2.24, 2.45) is 10.8 Å². The minimum atomic E-state index is -0.746. The quantitative estimate of drug-likeness (QED) is 0.0823. The third kappa shape index (κ3) is 9.20. The van der Waals surface area contributed by atoms with Gasteiger partial charge in [-0.3, -0.25) is 14.4 Å². The number of ketones is 1. The van der Waals surface area contributed by atoms with E-state index in [1.165, 1.54) is 7.11 Å². The zero-order chi connectivity index (χ0) is 31.8.